The summed E-state index contributed by atoms with van der Waals surface area (Å²) < 4.78 is 26.9. The first-order valence-electron chi connectivity index (χ1n) is 8.18. The number of anilines is 1. The highest BCUT2D eigenvalue weighted by Gasteiger charge is 2.29. The van der Waals surface area contributed by atoms with Gasteiger partial charge in [-0.15, -0.1) is 11.3 Å². The molecule has 0 unspecified atom stereocenters. The van der Waals surface area contributed by atoms with Crippen LogP contribution in [0.5, 0.6) is 0 Å². The molecule has 2 heterocycles. The Balaban J connectivity index is 1.54. The molecule has 0 bridgehead atoms. The van der Waals surface area contributed by atoms with E-state index in [9.17, 15) is 13.2 Å². The molecule has 0 aliphatic carbocycles. The van der Waals surface area contributed by atoms with E-state index in [1.807, 2.05) is 17.9 Å². The molecule has 0 atom stereocenters. The van der Waals surface area contributed by atoms with Crippen molar-refractivity contribution >= 4 is 44.6 Å². The van der Waals surface area contributed by atoms with E-state index < -0.39 is 10.0 Å². The monoisotopic (exact) mass is 413 g/mol. The van der Waals surface area contributed by atoms with E-state index in [1.165, 1.54) is 15.6 Å². The SMILES string of the molecule is Cc1ccc(Cl)cc1NC(=O)CN1CCN(S(=O)(=O)c2cccs2)CC1. The zero-order chi connectivity index (χ0) is 18.7. The molecule has 1 aromatic carbocycles. The van der Waals surface area contributed by atoms with Gasteiger partial charge in [0.2, 0.25) is 5.91 Å². The topological polar surface area (TPSA) is 69.7 Å². The van der Waals surface area contributed by atoms with Crippen LogP contribution in [-0.2, 0) is 14.8 Å². The van der Waals surface area contributed by atoms with Gasteiger partial charge in [0.15, 0.2) is 0 Å². The Kier molecular flexibility index (Phi) is 5.99. The van der Waals surface area contributed by atoms with Gasteiger partial charge in [-0.1, -0.05) is 23.7 Å². The van der Waals surface area contributed by atoms with Crippen LogP contribution in [0.1, 0.15) is 5.56 Å². The van der Waals surface area contributed by atoms with Gasteiger partial charge in [-0.3, -0.25) is 9.69 Å². The van der Waals surface area contributed by atoms with E-state index in [-0.39, 0.29) is 12.5 Å². The third-order valence-corrected chi connectivity index (χ3v) is 7.77. The summed E-state index contributed by atoms with van der Waals surface area (Å²) >= 11 is 7.19. The van der Waals surface area contributed by atoms with Crippen molar-refractivity contribution in [2.24, 2.45) is 0 Å². The maximum Gasteiger partial charge on any atom is 0.252 e. The van der Waals surface area contributed by atoms with Gasteiger partial charge in [-0.2, -0.15) is 4.31 Å². The summed E-state index contributed by atoms with van der Waals surface area (Å²) in [6, 6.07) is 8.70. The maximum atomic E-state index is 12.5. The molecule has 1 amide bonds. The number of amides is 1. The van der Waals surface area contributed by atoms with E-state index in [4.69, 9.17) is 11.6 Å². The van der Waals surface area contributed by atoms with Crippen molar-refractivity contribution < 1.29 is 13.2 Å². The van der Waals surface area contributed by atoms with E-state index >= 15 is 0 Å². The van der Waals surface area contributed by atoms with Gasteiger partial charge in [-0.25, -0.2) is 8.42 Å². The van der Waals surface area contributed by atoms with Gasteiger partial charge in [0.25, 0.3) is 10.0 Å². The minimum atomic E-state index is -3.42. The Morgan fingerprint density at radius 1 is 1.23 bits per heavy atom. The molecule has 1 aromatic heterocycles. The molecule has 0 radical (unpaired) electrons. The number of piperazine rings is 1. The summed E-state index contributed by atoms with van der Waals surface area (Å²) in [6.07, 6.45) is 0. The number of benzene rings is 1. The highest BCUT2D eigenvalue weighted by atomic mass is 35.5. The molecule has 3 rings (SSSR count). The molecule has 0 saturated carbocycles. The van der Waals surface area contributed by atoms with Crippen molar-refractivity contribution in [3.05, 3.63) is 46.3 Å². The van der Waals surface area contributed by atoms with Crippen LogP contribution in [-0.4, -0.2) is 56.3 Å². The molecular formula is C17H20ClN3O3S2. The standard InChI is InChI=1S/C17H20ClN3O3S2/c1-13-4-5-14(18)11-15(13)19-16(22)12-20-6-8-21(9-7-20)26(23,24)17-3-2-10-25-17/h2-5,10-11H,6-9,12H2,1H3,(H,19,22). The molecule has 26 heavy (non-hydrogen) atoms. The van der Waals surface area contributed by atoms with E-state index in [1.54, 1.807) is 29.6 Å². The van der Waals surface area contributed by atoms with Gasteiger partial charge in [0.1, 0.15) is 4.21 Å². The second kappa shape index (κ2) is 8.06. The molecule has 1 aliphatic rings. The number of halogens is 1. The van der Waals surface area contributed by atoms with E-state index in [0.717, 1.165) is 5.56 Å². The average molecular weight is 414 g/mol. The predicted molar refractivity (Wildman–Crippen MR) is 104 cm³/mol. The molecule has 9 heteroatoms. The fourth-order valence-electron chi connectivity index (χ4n) is 2.79. The lowest BCUT2D eigenvalue weighted by Crippen LogP contribution is -2.50. The van der Waals surface area contributed by atoms with Gasteiger partial charge in [-0.05, 0) is 36.1 Å². The lowest BCUT2D eigenvalue weighted by atomic mass is 10.2. The molecule has 1 N–H and O–H groups in total. The first kappa shape index (κ1) is 19.3. The van der Waals surface area contributed by atoms with Crippen molar-refractivity contribution in [1.82, 2.24) is 9.21 Å². The highest BCUT2D eigenvalue weighted by Crippen LogP contribution is 2.22. The number of carbonyl (C=O) groups excluding carboxylic acids is 1. The second-order valence-electron chi connectivity index (χ2n) is 6.12. The Morgan fingerprint density at radius 3 is 2.62 bits per heavy atom. The fraction of sp³-hybridized carbons (Fsp3) is 0.353. The molecule has 140 valence electrons. The fourth-order valence-corrected chi connectivity index (χ4v) is 5.53. The highest BCUT2D eigenvalue weighted by molar-refractivity contribution is 7.91. The van der Waals surface area contributed by atoms with Crippen LogP contribution < -0.4 is 5.32 Å². The Bertz CT molecular complexity index is 877. The van der Waals surface area contributed by atoms with Crippen LogP contribution in [0.2, 0.25) is 5.02 Å². The maximum absolute atomic E-state index is 12.5. The molecule has 0 spiro atoms. The van der Waals surface area contributed by atoms with Crippen LogP contribution in [0.3, 0.4) is 0 Å². The third kappa shape index (κ3) is 4.44. The summed E-state index contributed by atoms with van der Waals surface area (Å²) in [4.78, 5) is 14.2. The number of hydrogen-bond acceptors (Lipinski definition) is 5. The van der Waals surface area contributed by atoms with Crippen LogP contribution >= 0.6 is 22.9 Å². The van der Waals surface area contributed by atoms with Crippen LogP contribution in [0.15, 0.2) is 39.9 Å². The number of nitrogens with one attached hydrogen (secondary N) is 1. The van der Waals surface area contributed by atoms with Crippen molar-refractivity contribution in [3.63, 3.8) is 0 Å². The van der Waals surface area contributed by atoms with Crippen molar-refractivity contribution in [1.29, 1.82) is 0 Å². The second-order valence-corrected chi connectivity index (χ2v) is 9.67. The molecule has 2 aromatic rings. The van der Waals surface area contributed by atoms with Crippen LogP contribution in [0.25, 0.3) is 0 Å². The first-order valence-corrected chi connectivity index (χ1v) is 10.9. The number of hydrogen-bond donors (Lipinski definition) is 1. The van der Waals surface area contributed by atoms with Gasteiger partial charge >= 0.3 is 0 Å². The summed E-state index contributed by atoms with van der Waals surface area (Å²) in [5.74, 6) is -0.134. The van der Waals surface area contributed by atoms with E-state index in [2.05, 4.69) is 5.32 Å². The average Bonchev–Trinajstić information content (AvgIpc) is 3.14. The van der Waals surface area contributed by atoms with Crippen molar-refractivity contribution in [2.45, 2.75) is 11.1 Å². The van der Waals surface area contributed by atoms with E-state index in [0.29, 0.717) is 41.1 Å². The van der Waals surface area contributed by atoms with Crippen molar-refractivity contribution in [3.8, 4) is 0 Å². The number of carbonyl (C=O) groups is 1. The normalized spacial score (nSPS) is 16.5. The zero-order valence-electron chi connectivity index (χ0n) is 14.3. The minimum absolute atomic E-state index is 0.134. The molecule has 1 fully saturated rings. The summed E-state index contributed by atoms with van der Waals surface area (Å²) in [6.45, 7) is 3.92. The number of sulfonamides is 1. The van der Waals surface area contributed by atoms with Gasteiger partial charge < -0.3 is 5.32 Å². The summed E-state index contributed by atoms with van der Waals surface area (Å²) in [5, 5.41) is 5.19. The van der Waals surface area contributed by atoms with Crippen molar-refractivity contribution in [2.75, 3.05) is 38.0 Å². The Labute approximate surface area is 162 Å². The third-order valence-electron chi connectivity index (χ3n) is 4.26. The largest absolute Gasteiger partial charge is 0.325 e. The predicted octanol–water partition coefficient (Wildman–Crippen LogP) is 2.65. The number of nitrogens with zero attached hydrogens (tertiary/aromatic N) is 2. The quantitative estimate of drug-likeness (QED) is 0.818. The number of thiophene rings is 1. The lowest BCUT2D eigenvalue weighted by molar-refractivity contribution is -0.117. The molecular weight excluding hydrogens is 394 g/mol. The number of aryl methyl sites for hydroxylation is 1. The number of rotatable bonds is 5. The van der Waals surface area contributed by atoms with Crippen LogP contribution in [0, 0.1) is 6.92 Å². The molecule has 1 aliphatic heterocycles. The Morgan fingerprint density at radius 2 is 1.96 bits per heavy atom. The van der Waals surface area contributed by atoms with Gasteiger partial charge in [0.05, 0.1) is 6.54 Å². The lowest BCUT2D eigenvalue weighted by Gasteiger charge is -2.33. The molecule has 6 nitrogen and oxygen atoms in total. The summed E-state index contributed by atoms with van der Waals surface area (Å²) in [7, 11) is -3.42. The zero-order valence-corrected chi connectivity index (χ0v) is 16.7. The first-order chi connectivity index (χ1) is 12.4. The molecule has 1 saturated heterocycles. The van der Waals surface area contributed by atoms with Gasteiger partial charge in [0, 0.05) is 36.9 Å². The van der Waals surface area contributed by atoms with Crippen LogP contribution in [0.4, 0.5) is 5.69 Å². The smallest absolute Gasteiger partial charge is 0.252 e. The Hall–Kier alpha value is -1.45. The minimum Gasteiger partial charge on any atom is -0.325 e. The summed E-state index contributed by atoms with van der Waals surface area (Å²) in [5.41, 5.74) is 1.64.